The molecule has 1 nitrogen and oxygen atoms in total. The summed E-state index contributed by atoms with van der Waals surface area (Å²) in [6, 6.07) is 10.00. The van der Waals surface area contributed by atoms with E-state index < -0.39 is 11.7 Å². The molecule has 0 fully saturated rings. The van der Waals surface area contributed by atoms with Crippen LogP contribution in [0.15, 0.2) is 30.3 Å². The van der Waals surface area contributed by atoms with Crippen molar-refractivity contribution in [3.05, 3.63) is 53.3 Å². The zero-order valence-electron chi connectivity index (χ0n) is 9.47. The van der Waals surface area contributed by atoms with Crippen molar-refractivity contribution in [3.63, 3.8) is 0 Å². The predicted octanol–water partition coefficient (Wildman–Crippen LogP) is 3.91. The van der Waals surface area contributed by atoms with E-state index in [2.05, 4.69) is 6.07 Å². The van der Waals surface area contributed by atoms with E-state index >= 15 is 0 Å². The van der Waals surface area contributed by atoms with Crippen LogP contribution in [0.2, 0.25) is 0 Å². The van der Waals surface area contributed by atoms with Crippen LogP contribution < -0.4 is 0 Å². The van der Waals surface area contributed by atoms with Gasteiger partial charge in [0.15, 0.2) is 0 Å². The van der Waals surface area contributed by atoms with Crippen LogP contribution in [0.4, 0.5) is 13.2 Å². The van der Waals surface area contributed by atoms with E-state index in [1.807, 2.05) is 26.0 Å². The van der Waals surface area contributed by atoms with Gasteiger partial charge in [-0.25, -0.2) is 0 Å². The molecule has 4 heteroatoms. The van der Waals surface area contributed by atoms with Gasteiger partial charge in [-0.1, -0.05) is 6.07 Å². The molecule has 0 saturated carbocycles. The molecule has 0 atom stereocenters. The van der Waals surface area contributed by atoms with Crippen molar-refractivity contribution >= 4 is 0 Å². The molecular formula is C13H11F3N. The number of aromatic nitrogens is 1. The molecule has 0 spiro atoms. The second-order valence-electron chi connectivity index (χ2n) is 3.91. The monoisotopic (exact) mass is 238 g/mol. The van der Waals surface area contributed by atoms with E-state index in [-0.39, 0.29) is 0 Å². The van der Waals surface area contributed by atoms with Gasteiger partial charge < -0.3 is 4.57 Å². The Bertz CT molecular complexity index is 518. The van der Waals surface area contributed by atoms with Crippen LogP contribution in [0.1, 0.15) is 17.0 Å². The van der Waals surface area contributed by atoms with E-state index in [1.54, 1.807) is 4.57 Å². The Kier molecular flexibility index (Phi) is 2.73. The SMILES string of the molecule is Cc1ccc(C)n1-c1[c]ccc(C(F)(F)F)c1. The largest absolute Gasteiger partial charge is 0.416 e. The summed E-state index contributed by atoms with van der Waals surface area (Å²) >= 11 is 0. The van der Waals surface area contributed by atoms with Crippen LogP contribution in [0.25, 0.3) is 5.69 Å². The molecule has 0 amide bonds. The Morgan fingerprint density at radius 1 is 1.06 bits per heavy atom. The van der Waals surface area contributed by atoms with Gasteiger partial charge in [0.1, 0.15) is 0 Å². The van der Waals surface area contributed by atoms with E-state index in [9.17, 15) is 13.2 Å². The Labute approximate surface area is 97.5 Å². The third-order valence-corrected chi connectivity index (χ3v) is 2.63. The first-order valence-corrected chi connectivity index (χ1v) is 5.14. The van der Waals surface area contributed by atoms with Crippen molar-refractivity contribution in [2.75, 3.05) is 0 Å². The highest BCUT2D eigenvalue weighted by atomic mass is 19.4. The number of rotatable bonds is 1. The average molecular weight is 238 g/mol. The number of halogens is 3. The van der Waals surface area contributed by atoms with Gasteiger partial charge in [-0.2, -0.15) is 13.2 Å². The summed E-state index contributed by atoms with van der Waals surface area (Å²) in [4.78, 5) is 0. The summed E-state index contributed by atoms with van der Waals surface area (Å²) in [6.07, 6.45) is -4.32. The molecule has 1 heterocycles. The normalized spacial score (nSPS) is 11.8. The molecule has 2 rings (SSSR count). The quantitative estimate of drug-likeness (QED) is 0.709. The topological polar surface area (TPSA) is 4.93 Å². The maximum absolute atomic E-state index is 12.6. The highest BCUT2D eigenvalue weighted by Gasteiger charge is 2.30. The lowest BCUT2D eigenvalue weighted by atomic mass is 10.2. The van der Waals surface area contributed by atoms with Gasteiger partial charge in [-0.15, -0.1) is 0 Å². The van der Waals surface area contributed by atoms with Crippen LogP contribution in [0, 0.1) is 19.9 Å². The number of benzene rings is 1. The third kappa shape index (κ3) is 2.20. The van der Waals surface area contributed by atoms with Crippen LogP contribution in [0.5, 0.6) is 0 Å². The van der Waals surface area contributed by atoms with Gasteiger partial charge in [0, 0.05) is 17.5 Å². The molecule has 0 saturated heterocycles. The molecule has 1 aromatic heterocycles. The lowest BCUT2D eigenvalue weighted by Crippen LogP contribution is -2.07. The Hall–Kier alpha value is -1.71. The van der Waals surface area contributed by atoms with Gasteiger partial charge >= 0.3 is 6.18 Å². The molecule has 0 aliphatic rings. The van der Waals surface area contributed by atoms with Crippen molar-refractivity contribution in [1.82, 2.24) is 4.57 Å². The highest BCUT2D eigenvalue weighted by molar-refractivity contribution is 5.40. The fraction of sp³-hybridized carbons (Fsp3) is 0.231. The molecule has 2 aromatic rings. The summed E-state index contributed by atoms with van der Waals surface area (Å²) in [6.45, 7) is 3.70. The van der Waals surface area contributed by atoms with Crippen LogP contribution >= 0.6 is 0 Å². The van der Waals surface area contributed by atoms with Gasteiger partial charge in [0.25, 0.3) is 0 Å². The molecule has 0 bridgehead atoms. The van der Waals surface area contributed by atoms with Gasteiger partial charge in [-0.05, 0) is 38.1 Å². The van der Waals surface area contributed by atoms with Crippen LogP contribution in [0.3, 0.4) is 0 Å². The number of nitrogens with zero attached hydrogens (tertiary/aromatic N) is 1. The molecule has 1 aromatic carbocycles. The van der Waals surface area contributed by atoms with Crippen molar-refractivity contribution in [2.24, 2.45) is 0 Å². The van der Waals surface area contributed by atoms with Crippen molar-refractivity contribution < 1.29 is 13.2 Å². The highest BCUT2D eigenvalue weighted by Crippen LogP contribution is 2.30. The zero-order chi connectivity index (χ0) is 12.6. The summed E-state index contributed by atoms with van der Waals surface area (Å²) in [5, 5.41) is 0. The molecule has 0 aliphatic heterocycles. The third-order valence-electron chi connectivity index (χ3n) is 2.63. The zero-order valence-corrected chi connectivity index (χ0v) is 9.47. The Balaban J connectivity index is 2.55. The van der Waals surface area contributed by atoms with Gasteiger partial charge in [0.05, 0.1) is 11.3 Å². The fourth-order valence-electron chi connectivity index (χ4n) is 1.81. The number of alkyl halides is 3. The lowest BCUT2D eigenvalue weighted by Gasteiger charge is -2.12. The minimum absolute atomic E-state index is 0.417. The second kappa shape index (κ2) is 3.95. The Morgan fingerprint density at radius 3 is 2.18 bits per heavy atom. The van der Waals surface area contributed by atoms with E-state index in [4.69, 9.17) is 0 Å². The van der Waals surface area contributed by atoms with E-state index in [1.165, 1.54) is 6.07 Å². The maximum Gasteiger partial charge on any atom is 0.416 e. The predicted molar refractivity (Wildman–Crippen MR) is 59.1 cm³/mol. The van der Waals surface area contributed by atoms with Crippen LogP contribution in [-0.4, -0.2) is 4.57 Å². The minimum atomic E-state index is -4.32. The average Bonchev–Trinajstić information content (AvgIpc) is 2.57. The first kappa shape index (κ1) is 11.8. The molecule has 89 valence electrons. The summed E-state index contributed by atoms with van der Waals surface area (Å²) in [5.74, 6) is 0. The molecule has 17 heavy (non-hydrogen) atoms. The lowest BCUT2D eigenvalue weighted by molar-refractivity contribution is -0.137. The summed E-state index contributed by atoms with van der Waals surface area (Å²) < 4.78 is 39.5. The standard InChI is InChI=1S/C13H11F3N/c1-9-6-7-10(2)17(9)12-5-3-4-11(8-12)13(14,15)16/h3-4,6-8H,1-2H3. The van der Waals surface area contributed by atoms with E-state index in [0.717, 1.165) is 23.5 Å². The molecule has 1 radical (unpaired) electrons. The van der Waals surface area contributed by atoms with Crippen molar-refractivity contribution in [3.8, 4) is 5.69 Å². The number of hydrogen-bond acceptors (Lipinski definition) is 0. The Morgan fingerprint density at radius 2 is 1.65 bits per heavy atom. The first-order valence-electron chi connectivity index (χ1n) is 5.14. The fourth-order valence-corrected chi connectivity index (χ4v) is 1.81. The van der Waals surface area contributed by atoms with Crippen molar-refractivity contribution in [2.45, 2.75) is 20.0 Å². The van der Waals surface area contributed by atoms with E-state index in [0.29, 0.717) is 5.69 Å². The molecular weight excluding hydrogens is 227 g/mol. The maximum atomic E-state index is 12.6. The van der Waals surface area contributed by atoms with Crippen LogP contribution in [-0.2, 0) is 6.18 Å². The minimum Gasteiger partial charge on any atom is -0.318 e. The van der Waals surface area contributed by atoms with Gasteiger partial charge in [-0.3, -0.25) is 0 Å². The smallest absolute Gasteiger partial charge is 0.318 e. The molecule has 0 unspecified atom stereocenters. The molecule has 0 aliphatic carbocycles. The van der Waals surface area contributed by atoms with Gasteiger partial charge in [0.2, 0.25) is 0 Å². The van der Waals surface area contributed by atoms with Crippen molar-refractivity contribution in [1.29, 1.82) is 0 Å². The summed E-state index contributed by atoms with van der Waals surface area (Å²) in [7, 11) is 0. The second-order valence-corrected chi connectivity index (χ2v) is 3.91. The summed E-state index contributed by atoms with van der Waals surface area (Å²) in [5.41, 5.74) is 1.54. The number of hydrogen-bond donors (Lipinski definition) is 0. The molecule has 0 N–H and O–H groups in total. The first-order chi connectivity index (χ1) is 7.89. The number of aryl methyl sites for hydroxylation is 2.